The highest BCUT2D eigenvalue weighted by Crippen LogP contribution is 2.28. The van der Waals surface area contributed by atoms with E-state index in [1.807, 2.05) is 24.0 Å². The molecule has 1 aromatic heterocycles. The van der Waals surface area contributed by atoms with Gasteiger partial charge in [0.2, 0.25) is 0 Å². The summed E-state index contributed by atoms with van der Waals surface area (Å²) in [7, 11) is 0. The first-order chi connectivity index (χ1) is 11.6. The van der Waals surface area contributed by atoms with Crippen LogP contribution in [0, 0.1) is 5.82 Å². The Balaban J connectivity index is 1.59. The van der Waals surface area contributed by atoms with E-state index in [4.69, 9.17) is 4.84 Å². The summed E-state index contributed by atoms with van der Waals surface area (Å²) in [6.07, 6.45) is 2.13. The maximum absolute atomic E-state index is 13.0. The van der Waals surface area contributed by atoms with Crippen LogP contribution in [0.5, 0.6) is 0 Å². The molecule has 6 heteroatoms. The van der Waals surface area contributed by atoms with Crippen LogP contribution >= 0.6 is 11.3 Å². The molecule has 0 saturated carbocycles. The number of carbonyl (C=O) groups excluding carboxylic acids is 1. The summed E-state index contributed by atoms with van der Waals surface area (Å²) in [5, 5.41) is 4.05. The van der Waals surface area contributed by atoms with Crippen LogP contribution < -0.4 is 0 Å². The Morgan fingerprint density at radius 2 is 1.92 bits per heavy atom. The van der Waals surface area contributed by atoms with Gasteiger partial charge in [-0.2, -0.15) is 0 Å². The molecule has 24 heavy (non-hydrogen) atoms. The number of carbonyl (C=O) groups is 1. The van der Waals surface area contributed by atoms with Crippen molar-refractivity contribution in [3.05, 3.63) is 47.1 Å². The zero-order valence-electron chi connectivity index (χ0n) is 13.5. The topological polar surface area (TPSA) is 41.9 Å². The Hall–Kier alpha value is -2.21. The Labute approximate surface area is 144 Å². The highest BCUT2D eigenvalue weighted by Gasteiger charge is 2.18. The van der Waals surface area contributed by atoms with Gasteiger partial charge in [-0.15, -0.1) is 11.3 Å². The van der Waals surface area contributed by atoms with Crippen molar-refractivity contribution < 1.29 is 14.0 Å². The molecule has 0 N–H and O–H groups in total. The number of likely N-dealkylation sites (tertiary alicyclic amines) is 1. The maximum Gasteiger partial charge on any atom is 0.263 e. The molecular weight excluding hydrogens is 327 g/mol. The average molecular weight is 346 g/mol. The van der Waals surface area contributed by atoms with Crippen LogP contribution in [-0.2, 0) is 9.63 Å². The summed E-state index contributed by atoms with van der Waals surface area (Å²) in [6, 6.07) is 10.3. The van der Waals surface area contributed by atoms with E-state index >= 15 is 0 Å². The SMILES string of the molecule is C/C(=N\OCC(=O)N1CCCC1)c1ccc(-c2ccc(F)cc2)s1. The molecule has 0 unspecified atom stereocenters. The third-order valence-electron chi connectivity index (χ3n) is 3.94. The van der Waals surface area contributed by atoms with Gasteiger partial charge in [0.05, 0.1) is 10.6 Å². The van der Waals surface area contributed by atoms with Crippen LogP contribution in [0.1, 0.15) is 24.6 Å². The predicted molar refractivity (Wildman–Crippen MR) is 93.7 cm³/mol. The molecule has 1 aliphatic heterocycles. The van der Waals surface area contributed by atoms with Gasteiger partial charge in [0.15, 0.2) is 6.61 Å². The summed E-state index contributed by atoms with van der Waals surface area (Å²) in [4.78, 5) is 20.9. The number of thiophene rings is 1. The monoisotopic (exact) mass is 346 g/mol. The first-order valence-electron chi connectivity index (χ1n) is 7.94. The molecule has 0 radical (unpaired) electrons. The first-order valence-corrected chi connectivity index (χ1v) is 8.75. The van der Waals surface area contributed by atoms with Crippen molar-refractivity contribution in [2.45, 2.75) is 19.8 Å². The zero-order valence-corrected chi connectivity index (χ0v) is 14.3. The molecule has 1 aromatic carbocycles. The minimum Gasteiger partial charge on any atom is -0.385 e. The lowest BCUT2D eigenvalue weighted by atomic mass is 10.2. The van der Waals surface area contributed by atoms with E-state index in [0.29, 0.717) is 0 Å². The number of halogens is 1. The fourth-order valence-electron chi connectivity index (χ4n) is 2.59. The molecule has 0 aliphatic carbocycles. The molecule has 2 aromatic rings. The average Bonchev–Trinajstić information content (AvgIpc) is 3.27. The second kappa shape index (κ2) is 7.57. The molecule has 126 valence electrons. The van der Waals surface area contributed by atoms with Crippen molar-refractivity contribution in [2.24, 2.45) is 5.16 Å². The number of rotatable bonds is 5. The van der Waals surface area contributed by atoms with Crippen molar-refractivity contribution in [1.82, 2.24) is 4.90 Å². The van der Waals surface area contributed by atoms with Crippen molar-refractivity contribution in [3.8, 4) is 10.4 Å². The third kappa shape index (κ3) is 4.00. The number of hydrogen-bond acceptors (Lipinski definition) is 4. The summed E-state index contributed by atoms with van der Waals surface area (Å²) in [6.45, 7) is 3.46. The van der Waals surface area contributed by atoms with Crippen LogP contribution in [0.4, 0.5) is 4.39 Å². The normalized spacial score (nSPS) is 14.9. The van der Waals surface area contributed by atoms with E-state index in [1.165, 1.54) is 12.1 Å². The van der Waals surface area contributed by atoms with E-state index in [9.17, 15) is 9.18 Å². The Morgan fingerprint density at radius 1 is 1.21 bits per heavy atom. The fraction of sp³-hybridized carbons (Fsp3) is 0.333. The highest BCUT2D eigenvalue weighted by molar-refractivity contribution is 7.17. The Bertz CT molecular complexity index is 734. The number of benzene rings is 1. The molecule has 4 nitrogen and oxygen atoms in total. The molecule has 1 fully saturated rings. The second-order valence-corrected chi connectivity index (χ2v) is 6.79. The minimum atomic E-state index is -0.246. The summed E-state index contributed by atoms with van der Waals surface area (Å²) in [5.74, 6) is -0.258. The quantitative estimate of drug-likeness (QED) is 0.608. The smallest absolute Gasteiger partial charge is 0.263 e. The van der Waals surface area contributed by atoms with Gasteiger partial charge in [-0.3, -0.25) is 4.79 Å². The van der Waals surface area contributed by atoms with Gasteiger partial charge in [0.25, 0.3) is 5.91 Å². The number of hydrogen-bond donors (Lipinski definition) is 0. The number of oxime groups is 1. The molecular formula is C18H19FN2O2S. The van der Waals surface area contributed by atoms with Gasteiger partial charge in [-0.1, -0.05) is 17.3 Å². The summed E-state index contributed by atoms with van der Waals surface area (Å²) in [5.41, 5.74) is 1.69. The summed E-state index contributed by atoms with van der Waals surface area (Å²) >= 11 is 1.56. The van der Waals surface area contributed by atoms with Crippen molar-refractivity contribution in [3.63, 3.8) is 0 Å². The molecule has 1 aliphatic rings. The lowest BCUT2D eigenvalue weighted by Crippen LogP contribution is -2.30. The van der Waals surface area contributed by atoms with E-state index in [1.54, 1.807) is 23.5 Å². The third-order valence-corrected chi connectivity index (χ3v) is 5.18. The predicted octanol–water partition coefficient (Wildman–Crippen LogP) is 3.92. The van der Waals surface area contributed by atoms with Gasteiger partial charge in [-0.25, -0.2) is 4.39 Å². The van der Waals surface area contributed by atoms with Crippen LogP contribution in [0.25, 0.3) is 10.4 Å². The van der Waals surface area contributed by atoms with Crippen LogP contribution in [0.3, 0.4) is 0 Å². The minimum absolute atomic E-state index is 0.0118. The zero-order chi connectivity index (χ0) is 16.9. The van der Waals surface area contributed by atoms with E-state index < -0.39 is 0 Å². The fourth-order valence-corrected chi connectivity index (χ4v) is 3.54. The Kier molecular flexibility index (Phi) is 5.25. The van der Waals surface area contributed by atoms with Crippen molar-refractivity contribution in [2.75, 3.05) is 19.7 Å². The van der Waals surface area contributed by atoms with Gasteiger partial charge in [0, 0.05) is 18.0 Å². The van der Waals surface area contributed by atoms with E-state index in [0.717, 1.165) is 47.0 Å². The molecule has 0 spiro atoms. The van der Waals surface area contributed by atoms with E-state index in [-0.39, 0.29) is 18.3 Å². The molecule has 0 atom stereocenters. The molecule has 1 saturated heterocycles. The Morgan fingerprint density at radius 3 is 2.62 bits per heavy atom. The van der Waals surface area contributed by atoms with Gasteiger partial charge < -0.3 is 9.74 Å². The summed E-state index contributed by atoms with van der Waals surface area (Å²) < 4.78 is 13.0. The van der Waals surface area contributed by atoms with E-state index in [2.05, 4.69) is 5.16 Å². The van der Waals surface area contributed by atoms with Crippen molar-refractivity contribution >= 4 is 23.0 Å². The van der Waals surface area contributed by atoms with Gasteiger partial charge in [0.1, 0.15) is 5.82 Å². The first kappa shape index (κ1) is 16.6. The second-order valence-electron chi connectivity index (χ2n) is 5.71. The highest BCUT2D eigenvalue weighted by atomic mass is 32.1. The lowest BCUT2D eigenvalue weighted by Gasteiger charge is -2.13. The van der Waals surface area contributed by atoms with Crippen LogP contribution in [0.2, 0.25) is 0 Å². The molecule has 0 bridgehead atoms. The molecule has 3 rings (SSSR count). The van der Waals surface area contributed by atoms with Crippen LogP contribution in [-0.4, -0.2) is 36.2 Å². The molecule has 2 heterocycles. The van der Waals surface area contributed by atoms with Gasteiger partial charge >= 0.3 is 0 Å². The largest absolute Gasteiger partial charge is 0.385 e. The lowest BCUT2D eigenvalue weighted by molar-refractivity contribution is -0.135. The number of nitrogens with zero attached hydrogens (tertiary/aromatic N) is 2. The molecule has 1 amide bonds. The number of amides is 1. The maximum atomic E-state index is 13.0. The van der Waals surface area contributed by atoms with Crippen molar-refractivity contribution in [1.29, 1.82) is 0 Å². The standard InChI is InChI=1S/C18H19FN2O2S/c1-13(20-23-12-18(22)21-10-2-3-11-21)16-8-9-17(24-16)14-4-6-15(19)7-5-14/h4-9H,2-3,10-12H2,1H3/b20-13+. The van der Waals surface area contributed by atoms with Gasteiger partial charge in [-0.05, 0) is 49.6 Å². The van der Waals surface area contributed by atoms with Crippen LogP contribution in [0.15, 0.2) is 41.6 Å².